The van der Waals surface area contributed by atoms with E-state index >= 15 is 0 Å². The summed E-state index contributed by atoms with van der Waals surface area (Å²) in [6.07, 6.45) is 2.93. The number of aliphatic hydroxyl groups is 1. The van der Waals surface area contributed by atoms with Crippen LogP contribution in [0.2, 0.25) is 0 Å². The minimum absolute atomic E-state index is 0.0302. The van der Waals surface area contributed by atoms with Crippen molar-refractivity contribution in [2.75, 3.05) is 23.8 Å². The van der Waals surface area contributed by atoms with E-state index in [1.807, 2.05) is 0 Å². The zero-order valence-electron chi connectivity index (χ0n) is 9.37. The van der Waals surface area contributed by atoms with Crippen LogP contribution >= 0.6 is 0 Å². The zero-order valence-corrected chi connectivity index (χ0v) is 9.37. The fourth-order valence-corrected chi connectivity index (χ4v) is 1.94. The first-order valence-corrected chi connectivity index (χ1v) is 5.62. The van der Waals surface area contributed by atoms with Crippen LogP contribution in [0.15, 0.2) is 6.07 Å². The van der Waals surface area contributed by atoms with Gasteiger partial charge in [-0.05, 0) is 19.3 Å². The van der Waals surface area contributed by atoms with E-state index in [0.717, 1.165) is 25.3 Å². The number of hydrogen-bond donors (Lipinski definition) is 2. The number of aromatic nitrogens is 1. The number of nitrogens with zero attached hydrogens (tertiary/aromatic N) is 2. The van der Waals surface area contributed by atoms with E-state index in [1.165, 1.54) is 0 Å². The quantitative estimate of drug-likeness (QED) is 0.836. The lowest BCUT2D eigenvalue weighted by molar-refractivity contribution is 0.282. The van der Waals surface area contributed by atoms with Gasteiger partial charge in [-0.25, -0.2) is 13.8 Å². The standard InChI is InChI=1S/C11H15F2N3O/c12-8-6-9(13)11(15-10(8)14)16(4-5-17)7-2-1-3-7/h6-7,17H,1-5H2,(H2,14,15). The highest BCUT2D eigenvalue weighted by Gasteiger charge is 2.28. The molecule has 0 aromatic carbocycles. The van der Waals surface area contributed by atoms with Crippen molar-refractivity contribution in [1.29, 1.82) is 0 Å². The van der Waals surface area contributed by atoms with Crippen LogP contribution in [0.3, 0.4) is 0 Å². The Bertz CT molecular complexity index is 410. The molecule has 6 heteroatoms. The van der Waals surface area contributed by atoms with Crippen molar-refractivity contribution in [2.45, 2.75) is 25.3 Å². The third-order valence-electron chi connectivity index (χ3n) is 3.07. The summed E-state index contributed by atoms with van der Waals surface area (Å²) >= 11 is 0. The van der Waals surface area contributed by atoms with Crippen LogP contribution in [0.25, 0.3) is 0 Å². The number of rotatable bonds is 4. The molecule has 0 atom stereocenters. The first kappa shape index (κ1) is 12.0. The van der Waals surface area contributed by atoms with Crippen molar-refractivity contribution in [3.63, 3.8) is 0 Å². The highest BCUT2D eigenvalue weighted by molar-refractivity contribution is 5.48. The van der Waals surface area contributed by atoms with E-state index < -0.39 is 11.6 Å². The Balaban J connectivity index is 2.31. The van der Waals surface area contributed by atoms with E-state index in [-0.39, 0.29) is 30.8 Å². The summed E-state index contributed by atoms with van der Waals surface area (Å²) in [7, 11) is 0. The molecular formula is C11H15F2N3O. The monoisotopic (exact) mass is 243 g/mol. The number of halogens is 2. The molecule has 1 fully saturated rings. The van der Waals surface area contributed by atoms with Crippen molar-refractivity contribution in [3.05, 3.63) is 17.7 Å². The molecule has 94 valence electrons. The van der Waals surface area contributed by atoms with E-state index in [0.29, 0.717) is 0 Å². The maximum atomic E-state index is 13.6. The number of aliphatic hydroxyl groups excluding tert-OH is 1. The molecule has 0 spiro atoms. The van der Waals surface area contributed by atoms with Crippen LogP contribution in [0.4, 0.5) is 20.4 Å². The van der Waals surface area contributed by atoms with Gasteiger partial charge in [0.25, 0.3) is 0 Å². The van der Waals surface area contributed by atoms with Crippen molar-refractivity contribution in [2.24, 2.45) is 0 Å². The highest BCUT2D eigenvalue weighted by Crippen LogP contribution is 2.30. The number of hydrogen-bond acceptors (Lipinski definition) is 4. The lowest BCUT2D eigenvalue weighted by Crippen LogP contribution is -2.43. The Hall–Kier alpha value is -1.43. The molecule has 1 saturated carbocycles. The summed E-state index contributed by atoms with van der Waals surface area (Å²) in [5.41, 5.74) is 5.34. The second-order valence-corrected chi connectivity index (χ2v) is 4.16. The van der Waals surface area contributed by atoms with Gasteiger partial charge in [0.05, 0.1) is 6.61 Å². The first-order chi connectivity index (χ1) is 8.13. The second kappa shape index (κ2) is 4.83. The van der Waals surface area contributed by atoms with Gasteiger partial charge in [-0.15, -0.1) is 0 Å². The summed E-state index contributed by atoms with van der Waals surface area (Å²) in [6, 6.07) is 0.898. The number of anilines is 2. The fourth-order valence-electron chi connectivity index (χ4n) is 1.94. The Morgan fingerprint density at radius 1 is 1.41 bits per heavy atom. The van der Waals surface area contributed by atoms with E-state index in [2.05, 4.69) is 4.98 Å². The first-order valence-electron chi connectivity index (χ1n) is 5.62. The summed E-state index contributed by atoms with van der Waals surface area (Å²) < 4.78 is 26.7. The van der Waals surface area contributed by atoms with Crippen molar-refractivity contribution in [1.82, 2.24) is 4.98 Å². The maximum absolute atomic E-state index is 13.6. The Kier molecular flexibility index (Phi) is 3.42. The lowest BCUT2D eigenvalue weighted by atomic mass is 9.91. The summed E-state index contributed by atoms with van der Waals surface area (Å²) in [6.45, 7) is 0.175. The Morgan fingerprint density at radius 2 is 2.12 bits per heavy atom. The maximum Gasteiger partial charge on any atom is 0.168 e. The molecule has 0 bridgehead atoms. The lowest BCUT2D eigenvalue weighted by Gasteiger charge is -2.38. The minimum Gasteiger partial charge on any atom is -0.395 e. The second-order valence-electron chi connectivity index (χ2n) is 4.16. The third kappa shape index (κ3) is 2.31. The normalized spacial score (nSPS) is 15.7. The molecule has 3 N–H and O–H groups in total. The molecule has 0 aliphatic heterocycles. The highest BCUT2D eigenvalue weighted by atomic mass is 19.1. The summed E-state index contributed by atoms with van der Waals surface area (Å²) in [5, 5.41) is 8.98. The van der Waals surface area contributed by atoms with Gasteiger partial charge in [-0.3, -0.25) is 0 Å². The van der Waals surface area contributed by atoms with Crippen LogP contribution in [-0.4, -0.2) is 29.3 Å². The van der Waals surface area contributed by atoms with Crippen LogP contribution in [0.5, 0.6) is 0 Å². The average molecular weight is 243 g/mol. The molecular weight excluding hydrogens is 228 g/mol. The van der Waals surface area contributed by atoms with Gasteiger partial charge in [0, 0.05) is 18.7 Å². The van der Waals surface area contributed by atoms with Crippen molar-refractivity contribution in [3.8, 4) is 0 Å². The Labute approximate surface area is 98.1 Å². The van der Waals surface area contributed by atoms with Crippen LogP contribution in [0.1, 0.15) is 19.3 Å². The van der Waals surface area contributed by atoms with Gasteiger partial charge in [-0.2, -0.15) is 0 Å². The third-order valence-corrected chi connectivity index (χ3v) is 3.07. The SMILES string of the molecule is Nc1nc(N(CCO)C2CCC2)c(F)cc1F. The Morgan fingerprint density at radius 3 is 2.65 bits per heavy atom. The molecule has 0 saturated heterocycles. The zero-order chi connectivity index (χ0) is 12.4. The van der Waals surface area contributed by atoms with Gasteiger partial charge in [0.15, 0.2) is 23.3 Å². The van der Waals surface area contributed by atoms with Crippen LogP contribution < -0.4 is 10.6 Å². The van der Waals surface area contributed by atoms with E-state index in [4.69, 9.17) is 10.8 Å². The van der Waals surface area contributed by atoms with Gasteiger partial charge < -0.3 is 15.7 Å². The van der Waals surface area contributed by atoms with E-state index in [9.17, 15) is 8.78 Å². The average Bonchev–Trinajstić information content (AvgIpc) is 2.20. The van der Waals surface area contributed by atoms with Crippen molar-refractivity contribution >= 4 is 11.6 Å². The van der Waals surface area contributed by atoms with Crippen LogP contribution in [0, 0.1) is 11.6 Å². The fraction of sp³-hybridized carbons (Fsp3) is 0.545. The number of nitrogens with two attached hydrogens (primary N) is 1. The molecule has 0 unspecified atom stereocenters. The number of pyridine rings is 1. The summed E-state index contributed by atoms with van der Waals surface area (Å²) in [5.74, 6) is -1.88. The van der Waals surface area contributed by atoms with Crippen LogP contribution in [-0.2, 0) is 0 Å². The molecule has 1 aromatic heterocycles. The van der Waals surface area contributed by atoms with Gasteiger partial charge in [0.1, 0.15) is 0 Å². The van der Waals surface area contributed by atoms with Gasteiger partial charge >= 0.3 is 0 Å². The minimum atomic E-state index is -0.858. The van der Waals surface area contributed by atoms with Gasteiger partial charge in [0.2, 0.25) is 0 Å². The predicted octanol–water partition coefficient (Wildman–Crippen LogP) is 1.29. The smallest absolute Gasteiger partial charge is 0.168 e. The molecule has 1 heterocycles. The summed E-state index contributed by atoms with van der Waals surface area (Å²) in [4.78, 5) is 5.40. The molecule has 0 radical (unpaired) electrons. The van der Waals surface area contributed by atoms with Gasteiger partial charge in [-0.1, -0.05) is 0 Å². The molecule has 1 aliphatic carbocycles. The molecule has 1 aromatic rings. The molecule has 0 amide bonds. The molecule has 4 nitrogen and oxygen atoms in total. The number of nitrogen functional groups attached to an aromatic ring is 1. The topological polar surface area (TPSA) is 62.4 Å². The molecule has 2 rings (SSSR count). The van der Waals surface area contributed by atoms with Crippen molar-refractivity contribution < 1.29 is 13.9 Å². The molecule has 1 aliphatic rings. The van der Waals surface area contributed by atoms with E-state index in [1.54, 1.807) is 4.90 Å². The largest absolute Gasteiger partial charge is 0.395 e. The molecule has 17 heavy (non-hydrogen) atoms. The predicted molar refractivity (Wildman–Crippen MR) is 60.6 cm³/mol.